The SMILES string of the molecule is CC(C)n1c(=O)[nH]c2ccc(C(=O)N[C@H]3CCC[C@@H]3O)cc21. The van der Waals surface area contributed by atoms with Crippen LogP contribution >= 0.6 is 0 Å². The molecule has 1 aliphatic rings. The minimum Gasteiger partial charge on any atom is -0.391 e. The van der Waals surface area contributed by atoms with Crippen molar-refractivity contribution in [3.05, 3.63) is 34.2 Å². The van der Waals surface area contributed by atoms with E-state index in [2.05, 4.69) is 10.3 Å². The highest BCUT2D eigenvalue weighted by Crippen LogP contribution is 2.20. The van der Waals surface area contributed by atoms with Crippen LogP contribution in [0.4, 0.5) is 0 Å². The van der Waals surface area contributed by atoms with Crippen molar-refractivity contribution >= 4 is 16.9 Å². The number of carbonyl (C=O) groups excluding carboxylic acids is 1. The quantitative estimate of drug-likeness (QED) is 0.804. The molecule has 0 aliphatic heterocycles. The van der Waals surface area contributed by atoms with Gasteiger partial charge in [0.15, 0.2) is 0 Å². The van der Waals surface area contributed by atoms with Gasteiger partial charge in [-0.1, -0.05) is 0 Å². The minimum absolute atomic E-state index is 0.0104. The first-order valence-electron chi connectivity index (χ1n) is 7.70. The van der Waals surface area contributed by atoms with Crippen LogP contribution in [-0.2, 0) is 0 Å². The maximum absolute atomic E-state index is 12.4. The summed E-state index contributed by atoms with van der Waals surface area (Å²) in [7, 11) is 0. The fourth-order valence-corrected chi connectivity index (χ4v) is 3.14. The van der Waals surface area contributed by atoms with Gasteiger partial charge in [0, 0.05) is 11.6 Å². The van der Waals surface area contributed by atoms with Gasteiger partial charge in [0.25, 0.3) is 5.91 Å². The molecule has 1 aromatic carbocycles. The second-order valence-electron chi connectivity index (χ2n) is 6.20. The number of nitrogens with zero attached hydrogens (tertiary/aromatic N) is 1. The number of rotatable bonds is 3. The lowest BCUT2D eigenvalue weighted by atomic mass is 10.1. The van der Waals surface area contributed by atoms with E-state index in [0.717, 1.165) is 30.3 Å². The number of aliphatic hydroxyl groups excluding tert-OH is 1. The molecule has 1 fully saturated rings. The summed E-state index contributed by atoms with van der Waals surface area (Å²) in [5.74, 6) is -0.211. The largest absolute Gasteiger partial charge is 0.391 e. The van der Waals surface area contributed by atoms with Gasteiger partial charge in [-0.3, -0.25) is 9.36 Å². The van der Waals surface area contributed by atoms with Crippen LogP contribution in [0.5, 0.6) is 0 Å². The number of aliphatic hydroxyl groups is 1. The molecule has 0 unspecified atom stereocenters. The van der Waals surface area contributed by atoms with Crippen molar-refractivity contribution in [2.75, 3.05) is 0 Å². The minimum atomic E-state index is -0.464. The number of amides is 1. The van der Waals surface area contributed by atoms with E-state index in [-0.39, 0.29) is 23.7 Å². The van der Waals surface area contributed by atoms with Gasteiger partial charge < -0.3 is 15.4 Å². The molecule has 6 heteroatoms. The lowest BCUT2D eigenvalue weighted by Gasteiger charge is -2.16. The van der Waals surface area contributed by atoms with Crippen molar-refractivity contribution in [1.29, 1.82) is 0 Å². The van der Waals surface area contributed by atoms with Crippen LogP contribution in [0, 0.1) is 0 Å². The van der Waals surface area contributed by atoms with Gasteiger partial charge in [-0.2, -0.15) is 0 Å². The van der Waals surface area contributed by atoms with Crippen LogP contribution in [0.3, 0.4) is 0 Å². The van der Waals surface area contributed by atoms with Crippen molar-refractivity contribution in [2.24, 2.45) is 0 Å². The molecule has 1 saturated carbocycles. The number of H-pyrrole nitrogens is 1. The van der Waals surface area contributed by atoms with Crippen molar-refractivity contribution in [3.8, 4) is 0 Å². The highest BCUT2D eigenvalue weighted by molar-refractivity contribution is 5.97. The lowest BCUT2D eigenvalue weighted by Crippen LogP contribution is -2.39. The number of aromatic nitrogens is 2. The molecule has 3 N–H and O–H groups in total. The van der Waals surface area contributed by atoms with Crippen LogP contribution in [0.15, 0.2) is 23.0 Å². The van der Waals surface area contributed by atoms with E-state index >= 15 is 0 Å². The molecule has 6 nitrogen and oxygen atoms in total. The molecule has 1 aliphatic carbocycles. The maximum Gasteiger partial charge on any atom is 0.326 e. The smallest absolute Gasteiger partial charge is 0.326 e. The lowest BCUT2D eigenvalue weighted by molar-refractivity contribution is 0.0873. The van der Waals surface area contributed by atoms with Crippen molar-refractivity contribution < 1.29 is 9.90 Å². The zero-order chi connectivity index (χ0) is 15.9. The number of hydrogen-bond donors (Lipinski definition) is 3. The van der Waals surface area contributed by atoms with Crippen molar-refractivity contribution in [2.45, 2.75) is 51.3 Å². The predicted octanol–water partition coefficient (Wildman–Crippen LogP) is 1.55. The van der Waals surface area contributed by atoms with Crippen LogP contribution in [0.2, 0.25) is 0 Å². The average Bonchev–Trinajstić information content (AvgIpc) is 3.00. The third-order valence-electron chi connectivity index (χ3n) is 4.29. The molecule has 0 radical (unpaired) electrons. The fraction of sp³-hybridized carbons (Fsp3) is 0.500. The van der Waals surface area contributed by atoms with Crippen LogP contribution in [0.1, 0.15) is 49.5 Å². The Morgan fingerprint density at radius 2 is 2.18 bits per heavy atom. The molecule has 2 aromatic rings. The molecule has 0 spiro atoms. The Bertz CT molecular complexity index is 760. The molecular formula is C16H21N3O3. The normalized spacial score (nSPS) is 21.6. The first-order valence-corrected chi connectivity index (χ1v) is 7.70. The Hall–Kier alpha value is -2.08. The summed E-state index contributed by atoms with van der Waals surface area (Å²) in [6.07, 6.45) is 1.99. The van der Waals surface area contributed by atoms with E-state index in [0.29, 0.717) is 5.56 Å². The molecule has 0 saturated heterocycles. The van der Waals surface area contributed by atoms with Gasteiger partial charge in [-0.15, -0.1) is 0 Å². The Morgan fingerprint density at radius 3 is 2.82 bits per heavy atom. The molecule has 1 heterocycles. The van der Waals surface area contributed by atoms with Crippen molar-refractivity contribution in [3.63, 3.8) is 0 Å². The van der Waals surface area contributed by atoms with Crippen LogP contribution < -0.4 is 11.0 Å². The Kier molecular flexibility index (Phi) is 3.78. The first kappa shape index (κ1) is 14.8. The van der Waals surface area contributed by atoms with Gasteiger partial charge in [0.2, 0.25) is 0 Å². The number of fused-ring (bicyclic) bond motifs is 1. The summed E-state index contributed by atoms with van der Waals surface area (Å²) in [5.41, 5.74) is 1.77. The van der Waals surface area contributed by atoms with E-state index in [4.69, 9.17) is 0 Å². The molecule has 118 valence electrons. The summed E-state index contributed by atoms with van der Waals surface area (Å²) in [4.78, 5) is 27.1. The summed E-state index contributed by atoms with van der Waals surface area (Å²) >= 11 is 0. The number of nitrogens with one attached hydrogen (secondary N) is 2. The zero-order valence-electron chi connectivity index (χ0n) is 12.8. The van der Waals surface area contributed by atoms with Gasteiger partial charge in [0.1, 0.15) is 0 Å². The molecule has 2 atom stereocenters. The van der Waals surface area contributed by atoms with E-state index in [9.17, 15) is 14.7 Å². The molecule has 3 rings (SSSR count). The molecule has 0 bridgehead atoms. The summed E-state index contributed by atoms with van der Waals surface area (Å²) < 4.78 is 1.64. The second-order valence-corrected chi connectivity index (χ2v) is 6.20. The number of carbonyl (C=O) groups is 1. The summed E-state index contributed by atoms with van der Waals surface area (Å²) in [5, 5.41) is 12.7. The Labute approximate surface area is 128 Å². The summed E-state index contributed by atoms with van der Waals surface area (Å²) in [6.45, 7) is 3.85. The third-order valence-corrected chi connectivity index (χ3v) is 4.29. The van der Waals surface area contributed by atoms with E-state index in [1.54, 1.807) is 22.8 Å². The Morgan fingerprint density at radius 1 is 1.41 bits per heavy atom. The number of imidazole rings is 1. The monoisotopic (exact) mass is 303 g/mol. The fourth-order valence-electron chi connectivity index (χ4n) is 3.14. The first-order chi connectivity index (χ1) is 10.5. The highest BCUT2D eigenvalue weighted by Gasteiger charge is 2.27. The van der Waals surface area contributed by atoms with E-state index in [1.165, 1.54) is 0 Å². The van der Waals surface area contributed by atoms with E-state index < -0.39 is 6.10 Å². The van der Waals surface area contributed by atoms with Crippen molar-refractivity contribution in [1.82, 2.24) is 14.9 Å². The highest BCUT2D eigenvalue weighted by atomic mass is 16.3. The molecule has 1 amide bonds. The van der Waals surface area contributed by atoms with E-state index in [1.807, 2.05) is 13.8 Å². The Balaban J connectivity index is 1.92. The second kappa shape index (κ2) is 5.61. The van der Waals surface area contributed by atoms with Crippen LogP contribution in [-0.4, -0.2) is 32.7 Å². The molecule has 1 aromatic heterocycles. The van der Waals surface area contributed by atoms with Crippen LogP contribution in [0.25, 0.3) is 11.0 Å². The van der Waals surface area contributed by atoms with Gasteiger partial charge in [-0.05, 0) is 51.3 Å². The molecular weight excluding hydrogens is 282 g/mol. The van der Waals surface area contributed by atoms with Gasteiger partial charge in [0.05, 0.1) is 23.2 Å². The third kappa shape index (κ3) is 2.54. The standard InChI is InChI=1S/C16H21N3O3/c1-9(2)19-13-8-10(6-7-11(13)18-16(19)22)15(21)17-12-4-3-5-14(12)20/h6-9,12,14,20H,3-5H2,1-2H3,(H,17,21)(H,18,22)/t12-,14-/m0/s1. The number of hydrogen-bond acceptors (Lipinski definition) is 3. The average molecular weight is 303 g/mol. The number of aromatic amines is 1. The van der Waals surface area contributed by atoms with Gasteiger partial charge >= 0.3 is 5.69 Å². The summed E-state index contributed by atoms with van der Waals surface area (Å²) in [6, 6.07) is 5.00. The zero-order valence-corrected chi connectivity index (χ0v) is 12.8. The van der Waals surface area contributed by atoms with Gasteiger partial charge in [-0.25, -0.2) is 4.79 Å². The topological polar surface area (TPSA) is 87.1 Å². The number of benzene rings is 1. The maximum atomic E-state index is 12.4. The predicted molar refractivity (Wildman–Crippen MR) is 84.1 cm³/mol. The molecule has 22 heavy (non-hydrogen) atoms.